The van der Waals surface area contributed by atoms with Crippen LogP contribution in [0.2, 0.25) is 0 Å². The number of ether oxygens (including phenoxy) is 1. The van der Waals surface area contributed by atoms with Crippen molar-refractivity contribution >= 4 is 11.9 Å². The molecule has 0 aromatic heterocycles. The van der Waals surface area contributed by atoms with Gasteiger partial charge in [0.05, 0.1) is 11.5 Å². The van der Waals surface area contributed by atoms with Crippen molar-refractivity contribution in [3.63, 3.8) is 0 Å². The van der Waals surface area contributed by atoms with E-state index < -0.39 is 11.4 Å². The Balaban J connectivity index is 2.36. The van der Waals surface area contributed by atoms with Crippen LogP contribution in [0.1, 0.15) is 32.6 Å². The van der Waals surface area contributed by atoms with E-state index in [-0.39, 0.29) is 18.4 Å². The Morgan fingerprint density at radius 1 is 1.50 bits per heavy atom. The molecule has 1 amide bonds. The molecule has 0 saturated heterocycles. The molecule has 1 saturated carbocycles. The minimum atomic E-state index is -0.853. The van der Waals surface area contributed by atoms with E-state index in [0.717, 1.165) is 6.42 Å². The summed E-state index contributed by atoms with van der Waals surface area (Å²) in [6.07, 6.45) is 2.14. The molecule has 0 aliphatic heterocycles. The minimum absolute atomic E-state index is 0.0499. The zero-order valence-corrected chi connectivity index (χ0v) is 9.78. The van der Waals surface area contributed by atoms with Gasteiger partial charge in [0.2, 0.25) is 5.91 Å². The smallest absolute Gasteiger partial charge is 0.310 e. The zero-order valence-electron chi connectivity index (χ0n) is 9.78. The average molecular weight is 229 g/mol. The molecule has 16 heavy (non-hydrogen) atoms. The monoisotopic (exact) mass is 229 g/mol. The summed E-state index contributed by atoms with van der Waals surface area (Å²) in [4.78, 5) is 22.6. The Morgan fingerprint density at radius 2 is 2.12 bits per heavy atom. The highest BCUT2D eigenvalue weighted by Crippen LogP contribution is 2.44. The van der Waals surface area contributed by atoms with Crippen LogP contribution in [0.15, 0.2) is 0 Å². The minimum Gasteiger partial charge on any atom is -0.481 e. The lowest BCUT2D eigenvalue weighted by Crippen LogP contribution is -2.43. The van der Waals surface area contributed by atoms with E-state index in [4.69, 9.17) is 9.84 Å². The van der Waals surface area contributed by atoms with Crippen LogP contribution in [-0.4, -0.2) is 36.7 Å². The highest BCUT2D eigenvalue weighted by Gasteiger charge is 2.45. The first-order chi connectivity index (χ1) is 7.50. The standard InChI is InChI=1S/C11H19NO4/c1-8(16-2)7-12-9(13)6-11(10(14)15)4-3-5-11/h8H,3-7H2,1-2H3,(H,12,13)(H,14,15). The van der Waals surface area contributed by atoms with Crippen molar-refractivity contribution in [3.8, 4) is 0 Å². The van der Waals surface area contributed by atoms with Crippen LogP contribution < -0.4 is 5.32 Å². The Morgan fingerprint density at radius 3 is 2.50 bits per heavy atom. The van der Waals surface area contributed by atoms with Crippen molar-refractivity contribution in [3.05, 3.63) is 0 Å². The van der Waals surface area contributed by atoms with Gasteiger partial charge in [0.25, 0.3) is 0 Å². The summed E-state index contributed by atoms with van der Waals surface area (Å²) < 4.78 is 4.99. The van der Waals surface area contributed by atoms with Gasteiger partial charge in [-0.2, -0.15) is 0 Å². The Bertz CT molecular complexity index is 273. The lowest BCUT2D eigenvalue weighted by atomic mass is 9.66. The summed E-state index contributed by atoms with van der Waals surface area (Å²) in [5.74, 6) is -1.06. The van der Waals surface area contributed by atoms with Crippen molar-refractivity contribution in [2.75, 3.05) is 13.7 Å². The number of methoxy groups -OCH3 is 1. The van der Waals surface area contributed by atoms with Crippen molar-refractivity contribution < 1.29 is 19.4 Å². The maximum Gasteiger partial charge on any atom is 0.310 e. The molecule has 1 atom stereocenters. The van der Waals surface area contributed by atoms with Crippen molar-refractivity contribution in [2.24, 2.45) is 5.41 Å². The van der Waals surface area contributed by atoms with Crippen LogP contribution >= 0.6 is 0 Å². The molecule has 5 nitrogen and oxygen atoms in total. The van der Waals surface area contributed by atoms with E-state index >= 15 is 0 Å². The lowest BCUT2D eigenvalue weighted by Gasteiger charge is -2.37. The van der Waals surface area contributed by atoms with Crippen molar-refractivity contribution in [1.82, 2.24) is 5.32 Å². The molecule has 2 N–H and O–H groups in total. The van der Waals surface area contributed by atoms with Crippen LogP contribution in [0.5, 0.6) is 0 Å². The Hall–Kier alpha value is -1.10. The lowest BCUT2D eigenvalue weighted by molar-refractivity contribution is -0.157. The van der Waals surface area contributed by atoms with E-state index in [1.807, 2.05) is 6.92 Å². The highest BCUT2D eigenvalue weighted by molar-refractivity contribution is 5.85. The normalized spacial score (nSPS) is 19.6. The second-order valence-corrected chi connectivity index (χ2v) is 4.47. The maximum absolute atomic E-state index is 11.5. The third-order valence-electron chi connectivity index (χ3n) is 3.25. The molecule has 1 aliphatic carbocycles. The molecule has 0 radical (unpaired) electrons. The molecule has 1 unspecified atom stereocenters. The van der Waals surface area contributed by atoms with E-state index in [1.54, 1.807) is 7.11 Å². The summed E-state index contributed by atoms with van der Waals surface area (Å²) in [5.41, 5.74) is -0.805. The third-order valence-corrected chi connectivity index (χ3v) is 3.25. The van der Waals surface area contributed by atoms with Crippen LogP contribution in [-0.2, 0) is 14.3 Å². The summed E-state index contributed by atoms with van der Waals surface area (Å²) in [6, 6.07) is 0. The molecule has 0 bridgehead atoms. The van der Waals surface area contributed by atoms with E-state index in [0.29, 0.717) is 19.4 Å². The SMILES string of the molecule is COC(C)CNC(=O)CC1(C(=O)O)CCC1. The van der Waals surface area contributed by atoms with E-state index in [2.05, 4.69) is 5.32 Å². The van der Waals surface area contributed by atoms with Gasteiger partial charge in [-0.05, 0) is 19.8 Å². The second-order valence-electron chi connectivity index (χ2n) is 4.47. The molecular formula is C11H19NO4. The van der Waals surface area contributed by atoms with Gasteiger partial charge in [-0.25, -0.2) is 0 Å². The number of carboxylic acids is 1. The van der Waals surface area contributed by atoms with E-state index in [9.17, 15) is 9.59 Å². The predicted octanol–water partition coefficient (Wildman–Crippen LogP) is 0.782. The number of rotatable bonds is 6. The number of carboxylic acid groups (broad SMARTS) is 1. The summed E-state index contributed by atoms with van der Waals surface area (Å²) >= 11 is 0. The number of hydrogen-bond acceptors (Lipinski definition) is 3. The van der Waals surface area contributed by atoms with Gasteiger partial charge in [-0.3, -0.25) is 9.59 Å². The zero-order chi connectivity index (χ0) is 12.2. The highest BCUT2D eigenvalue weighted by atomic mass is 16.5. The second kappa shape index (κ2) is 5.30. The van der Waals surface area contributed by atoms with E-state index in [1.165, 1.54) is 0 Å². The molecule has 1 aliphatic rings. The first-order valence-electron chi connectivity index (χ1n) is 5.53. The summed E-state index contributed by atoms with van der Waals surface area (Å²) in [6.45, 7) is 2.27. The first-order valence-corrected chi connectivity index (χ1v) is 5.53. The molecule has 0 aromatic carbocycles. The fraction of sp³-hybridized carbons (Fsp3) is 0.818. The summed E-state index contributed by atoms with van der Waals surface area (Å²) in [7, 11) is 1.57. The fourth-order valence-corrected chi connectivity index (χ4v) is 1.78. The van der Waals surface area contributed by atoms with Crippen LogP contribution in [0.4, 0.5) is 0 Å². The van der Waals surface area contributed by atoms with Crippen LogP contribution in [0.25, 0.3) is 0 Å². The molecule has 5 heteroatoms. The molecule has 92 valence electrons. The van der Waals surface area contributed by atoms with Gasteiger partial charge in [-0.15, -0.1) is 0 Å². The maximum atomic E-state index is 11.5. The largest absolute Gasteiger partial charge is 0.481 e. The van der Waals surface area contributed by atoms with Gasteiger partial charge in [0.1, 0.15) is 0 Å². The molecule has 1 fully saturated rings. The van der Waals surface area contributed by atoms with Gasteiger partial charge in [-0.1, -0.05) is 6.42 Å². The number of carbonyl (C=O) groups is 2. The average Bonchev–Trinajstić information content (AvgIpc) is 2.19. The third kappa shape index (κ3) is 2.95. The number of amides is 1. The van der Waals surface area contributed by atoms with Crippen LogP contribution in [0.3, 0.4) is 0 Å². The number of hydrogen-bond donors (Lipinski definition) is 2. The first kappa shape index (κ1) is 13.0. The molecule has 0 spiro atoms. The van der Waals surface area contributed by atoms with Gasteiger partial charge in [0, 0.05) is 20.1 Å². The van der Waals surface area contributed by atoms with Gasteiger partial charge < -0.3 is 15.2 Å². The number of carbonyl (C=O) groups excluding carboxylic acids is 1. The van der Waals surface area contributed by atoms with Gasteiger partial charge >= 0.3 is 5.97 Å². The number of nitrogens with one attached hydrogen (secondary N) is 1. The molecule has 0 aromatic rings. The number of aliphatic carboxylic acids is 1. The molecule has 0 heterocycles. The topological polar surface area (TPSA) is 75.6 Å². The summed E-state index contributed by atoms with van der Waals surface area (Å²) in [5, 5.41) is 11.7. The quantitative estimate of drug-likeness (QED) is 0.705. The Kier molecular flexibility index (Phi) is 4.29. The predicted molar refractivity (Wildman–Crippen MR) is 58.0 cm³/mol. The van der Waals surface area contributed by atoms with Crippen molar-refractivity contribution in [2.45, 2.75) is 38.7 Å². The molecular weight excluding hydrogens is 210 g/mol. The van der Waals surface area contributed by atoms with Crippen LogP contribution in [0, 0.1) is 5.41 Å². The Labute approximate surface area is 95.2 Å². The molecule has 1 rings (SSSR count). The van der Waals surface area contributed by atoms with Crippen molar-refractivity contribution in [1.29, 1.82) is 0 Å². The fourth-order valence-electron chi connectivity index (χ4n) is 1.78. The van der Waals surface area contributed by atoms with Gasteiger partial charge in [0.15, 0.2) is 0 Å².